The molecule has 0 saturated heterocycles. The molecule has 0 spiro atoms. The number of hydrogen-bond donors (Lipinski definition) is 0. The predicted molar refractivity (Wildman–Crippen MR) is 52.4 cm³/mol. The van der Waals surface area contributed by atoms with E-state index < -0.39 is 0 Å². The number of aryl methyl sites for hydroxylation is 1. The van der Waals surface area contributed by atoms with Crippen LogP contribution in [0.15, 0.2) is 23.1 Å². The summed E-state index contributed by atoms with van der Waals surface area (Å²) >= 11 is 1.72. The minimum atomic E-state index is -0.359. The summed E-state index contributed by atoms with van der Waals surface area (Å²) in [5.74, 6) is 0. The molecule has 0 unspecified atom stereocenters. The minimum Gasteiger partial charge on any atom is -0.246 e. The lowest BCUT2D eigenvalue weighted by Crippen LogP contribution is -1.87. The highest BCUT2D eigenvalue weighted by Crippen LogP contribution is 2.22. The van der Waals surface area contributed by atoms with E-state index >= 15 is 0 Å². The molecular weight excluding hydrogens is 171 g/mol. The van der Waals surface area contributed by atoms with Crippen molar-refractivity contribution in [2.24, 2.45) is 0 Å². The number of hydrogen-bond acceptors (Lipinski definition) is 1. The summed E-state index contributed by atoms with van der Waals surface area (Å²) in [6.45, 7) is 1.73. The first kappa shape index (κ1) is 9.59. The molecule has 0 amide bonds. The molecule has 12 heavy (non-hydrogen) atoms. The Morgan fingerprint density at radius 3 is 2.67 bits per heavy atom. The van der Waals surface area contributed by atoms with Gasteiger partial charge in [0.2, 0.25) is 0 Å². The van der Waals surface area contributed by atoms with Crippen LogP contribution in [0.2, 0.25) is 0 Å². The molecule has 1 rings (SSSR count). The zero-order valence-corrected chi connectivity index (χ0v) is 8.25. The van der Waals surface area contributed by atoms with E-state index in [1.165, 1.54) is 10.5 Å². The summed E-state index contributed by atoms with van der Waals surface area (Å²) in [4.78, 5) is 1.26. The van der Waals surface area contributed by atoms with Gasteiger partial charge in [-0.1, -0.05) is 19.1 Å². The van der Waals surface area contributed by atoms with Crippen molar-refractivity contribution in [1.82, 2.24) is 0 Å². The van der Waals surface area contributed by atoms with Crippen LogP contribution in [-0.4, -0.2) is 6.26 Å². The van der Waals surface area contributed by atoms with Crippen molar-refractivity contribution in [3.63, 3.8) is 0 Å². The molecule has 66 valence electrons. The Labute approximate surface area is 77.2 Å². The summed E-state index contributed by atoms with van der Waals surface area (Å²) in [6, 6.07) is 5.80. The van der Waals surface area contributed by atoms with Gasteiger partial charge < -0.3 is 0 Å². The smallest absolute Gasteiger partial charge is 0.115 e. The highest BCUT2D eigenvalue weighted by Gasteiger charge is 2.00. The lowest BCUT2D eigenvalue weighted by molar-refractivity contribution is 0.485. The van der Waals surface area contributed by atoms with Crippen molar-refractivity contribution >= 4 is 11.8 Å². The van der Waals surface area contributed by atoms with Crippen molar-refractivity contribution in [3.05, 3.63) is 29.3 Å². The molecule has 1 aromatic carbocycles. The fourth-order valence-corrected chi connectivity index (χ4v) is 1.86. The maximum absolute atomic E-state index is 12.3. The molecule has 0 atom stereocenters. The minimum absolute atomic E-state index is 0.359. The molecule has 0 heterocycles. The molecule has 0 fully saturated rings. The van der Waals surface area contributed by atoms with Crippen LogP contribution >= 0.6 is 11.8 Å². The maximum Gasteiger partial charge on any atom is 0.115 e. The lowest BCUT2D eigenvalue weighted by Gasteiger charge is -2.05. The average molecular weight is 184 g/mol. The molecule has 0 aliphatic heterocycles. The molecule has 0 aromatic heterocycles. The largest absolute Gasteiger partial charge is 0.246 e. The molecule has 0 radical (unpaired) electrons. The van der Waals surface area contributed by atoms with Crippen LogP contribution in [0.25, 0.3) is 0 Å². The Kier molecular flexibility index (Phi) is 3.60. The van der Waals surface area contributed by atoms with Crippen LogP contribution in [0, 0.1) is 0 Å². The monoisotopic (exact) mass is 184 g/mol. The number of alkyl halides is 1. The molecule has 0 aliphatic carbocycles. The maximum atomic E-state index is 12.3. The van der Waals surface area contributed by atoms with E-state index in [-0.39, 0.29) is 6.67 Å². The highest BCUT2D eigenvalue weighted by molar-refractivity contribution is 7.98. The zero-order chi connectivity index (χ0) is 8.97. The Morgan fingerprint density at radius 2 is 2.17 bits per heavy atom. The van der Waals surface area contributed by atoms with Crippen LogP contribution in [0.3, 0.4) is 0 Å². The molecule has 0 N–H and O–H groups in total. The summed E-state index contributed by atoms with van der Waals surface area (Å²) in [5.41, 5.74) is 2.03. The van der Waals surface area contributed by atoms with E-state index in [9.17, 15) is 4.39 Å². The first-order chi connectivity index (χ1) is 5.81. The van der Waals surface area contributed by atoms with E-state index in [1.807, 2.05) is 24.5 Å². The van der Waals surface area contributed by atoms with Crippen LogP contribution in [-0.2, 0) is 13.1 Å². The van der Waals surface area contributed by atoms with Crippen molar-refractivity contribution in [2.75, 3.05) is 6.26 Å². The third-order valence-electron chi connectivity index (χ3n) is 1.88. The summed E-state index contributed by atoms with van der Waals surface area (Å²) in [5, 5.41) is 0. The summed E-state index contributed by atoms with van der Waals surface area (Å²) in [7, 11) is 0. The van der Waals surface area contributed by atoms with Crippen molar-refractivity contribution < 1.29 is 4.39 Å². The first-order valence-electron chi connectivity index (χ1n) is 4.03. The third kappa shape index (κ3) is 2.01. The topological polar surface area (TPSA) is 0 Å². The van der Waals surface area contributed by atoms with Gasteiger partial charge in [0.1, 0.15) is 6.67 Å². The predicted octanol–water partition coefficient (Wildman–Crippen LogP) is 3.44. The second-order valence-electron chi connectivity index (χ2n) is 2.63. The van der Waals surface area contributed by atoms with Gasteiger partial charge in [0, 0.05) is 4.90 Å². The average Bonchev–Trinajstić information content (AvgIpc) is 2.16. The SMILES string of the molecule is CCc1cc(CF)ccc1SC. The molecule has 2 heteroatoms. The quantitative estimate of drug-likeness (QED) is 0.648. The second kappa shape index (κ2) is 4.51. The summed E-state index contributed by atoms with van der Waals surface area (Å²) < 4.78 is 12.3. The van der Waals surface area contributed by atoms with Gasteiger partial charge in [-0.15, -0.1) is 11.8 Å². The Bertz CT molecular complexity index is 258. The molecule has 0 saturated carbocycles. The van der Waals surface area contributed by atoms with Gasteiger partial charge in [0.05, 0.1) is 0 Å². The number of benzene rings is 1. The fraction of sp³-hybridized carbons (Fsp3) is 0.400. The number of rotatable bonds is 3. The molecule has 1 aromatic rings. The number of halogens is 1. The molecule has 0 nitrogen and oxygen atoms in total. The van der Waals surface area contributed by atoms with Gasteiger partial charge >= 0.3 is 0 Å². The van der Waals surface area contributed by atoms with Gasteiger partial charge in [0.25, 0.3) is 0 Å². The number of thioether (sulfide) groups is 1. The lowest BCUT2D eigenvalue weighted by atomic mass is 10.1. The third-order valence-corrected chi connectivity index (χ3v) is 2.72. The van der Waals surface area contributed by atoms with Crippen molar-refractivity contribution in [1.29, 1.82) is 0 Å². The van der Waals surface area contributed by atoms with Gasteiger partial charge in [0.15, 0.2) is 0 Å². The zero-order valence-electron chi connectivity index (χ0n) is 7.43. The standard InChI is InChI=1S/C10H13FS/c1-3-9-6-8(7-11)4-5-10(9)12-2/h4-6H,3,7H2,1-2H3. The van der Waals surface area contributed by atoms with Crippen molar-refractivity contribution in [2.45, 2.75) is 24.9 Å². The van der Waals surface area contributed by atoms with Crippen LogP contribution < -0.4 is 0 Å². The van der Waals surface area contributed by atoms with E-state index in [4.69, 9.17) is 0 Å². The highest BCUT2D eigenvalue weighted by atomic mass is 32.2. The molecular formula is C10H13FS. The van der Waals surface area contributed by atoms with Crippen molar-refractivity contribution in [3.8, 4) is 0 Å². The Balaban J connectivity index is 3.02. The Hall–Kier alpha value is -0.500. The van der Waals surface area contributed by atoms with E-state index in [0.717, 1.165) is 12.0 Å². The molecule has 0 bridgehead atoms. The van der Waals surface area contributed by atoms with Crippen LogP contribution in [0.5, 0.6) is 0 Å². The second-order valence-corrected chi connectivity index (χ2v) is 3.48. The van der Waals surface area contributed by atoms with Gasteiger partial charge in [-0.3, -0.25) is 0 Å². The Morgan fingerprint density at radius 1 is 1.42 bits per heavy atom. The first-order valence-corrected chi connectivity index (χ1v) is 5.26. The normalized spacial score (nSPS) is 10.2. The molecule has 0 aliphatic rings. The summed E-state index contributed by atoms with van der Waals surface area (Å²) in [6.07, 6.45) is 3.02. The van der Waals surface area contributed by atoms with E-state index in [0.29, 0.717) is 0 Å². The van der Waals surface area contributed by atoms with Gasteiger partial charge in [-0.2, -0.15) is 0 Å². The van der Waals surface area contributed by atoms with E-state index in [1.54, 1.807) is 11.8 Å². The fourth-order valence-electron chi connectivity index (χ4n) is 1.19. The van der Waals surface area contributed by atoms with Crippen LogP contribution in [0.1, 0.15) is 18.1 Å². The van der Waals surface area contributed by atoms with Gasteiger partial charge in [-0.25, -0.2) is 4.39 Å². The van der Waals surface area contributed by atoms with E-state index in [2.05, 4.69) is 6.92 Å². The van der Waals surface area contributed by atoms with Crippen LogP contribution in [0.4, 0.5) is 4.39 Å². The van der Waals surface area contributed by atoms with Gasteiger partial charge in [-0.05, 0) is 29.9 Å².